The predicted molar refractivity (Wildman–Crippen MR) is 69.7 cm³/mol. The van der Waals surface area contributed by atoms with Gasteiger partial charge < -0.3 is 25.8 Å². The molecule has 0 spiro atoms. The van der Waals surface area contributed by atoms with Crippen molar-refractivity contribution < 1.29 is 20.1 Å². The molecule has 0 saturated carbocycles. The van der Waals surface area contributed by atoms with Crippen LogP contribution in [-0.2, 0) is 4.74 Å². The Morgan fingerprint density at radius 2 is 2.35 bits per heavy atom. The van der Waals surface area contributed by atoms with Crippen LogP contribution in [0.4, 0.5) is 5.82 Å². The van der Waals surface area contributed by atoms with E-state index < -0.39 is 36.3 Å². The summed E-state index contributed by atoms with van der Waals surface area (Å²) in [4.78, 5) is 15.4. The van der Waals surface area contributed by atoms with Gasteiger partial charge in [-0.3, -0.25) is 4.57 Å². The lowest BCUT2D eigenvalue weighted by atomic mass is 9.93. The molecule has 1 aliphatic heterocycles. The number of rotatable bonds is 3. The number of nitrogen functional groups attached to an aromatic ring is 1. The minimum absolute atomic E-state index is 0.0399. The summed E-state index contributed by atoms with van der Waals surface area (Å²) in [5.41, 5.74) is 2.84. The second-order valence-electron chi connectivity index (χ2n) is 4.58. The minimum Gasteiger partial charge on any atom is -0.394 e. The number of hydrogen-bond acceptors (Lipinski definition) is 7. The number of nitrogens with two attached hydrogens (primary N) is 1. The average molecular weight is 283 g/mol. The molecule has 1 saturated heterocycles. The lowest BCUT2D eigenvalue weighted by molar-refractivity contribution is -0.0814. The highest BCUT2D eigenvalue weighted by Crippen LogP contribution is 2.38. The van der Waals surface area contributed by atoms with Gasteiger partial charge in [0.2, 0.25) is 0 Å². The summed E-state index contributed by atoms with van der Waals surface area (Å²) in [6.07, 6.45) is 0.571. The van der Waals surface area contributed by atoms with E-state index in [4.69, 9.17) is 10.5 Å². The van der Waals surface area contributed by atoms with Crippen LogP contribution in [0.5, 0.6) is 0 Å². The molecule has 0 aromatic carbocycles. The molecular formula is C12H17N3O5. The van der Waals surface area contributed by atoms with E-state index in [1.807, 2.05) is 0 Å². The molecule has 5 N–H and O–H groups in total. The Morgan fingerprint density at radius 3 is 2.90 bits per heavy atom. The summed E-state index contributed by atoms with van der Waals surface area (Å²) in [6.45, 7) is 1.16. The van der Waals surface area contributed by atoms with Crippen molar-refractivity contribution in [1.82, 2.24) is 9.55 Å². The molecule has 8 nitrogen and oxygen atoms in total. The first-order valence-corrected chi connectivity index (χ1v) is 6.09. The largest absolute Gasteiger partial charge is 0.394 e. The van der Waals surface area contributed by atoms with Crippen LogP contribution < -0.4 is 11.4 Å². The number of nitrogens with zero attached hydrogens (tertiary/aromatic N) is 2. The molecule has 0 amide bonds. The van der Waals surface area contributed by atoms with Gasteiger partial charge in [-0.15, -0.1) is 0 Å². The van der Waals surface area contributed by atoms with Crippen LogP contribution in [0.3, 0.4) is 0 Å². The molecule has 1 fully saturated rings. The van der Waals surface area contributed by atoms with Crippen LogP contribution in [0.2, 0.25) is 0 Å². The summed E-state index contributed by atoms with van der Waals surface area (Å²) in [5, 5.41) is 29.8. The summed E-state index contributed by atoms with van der Waals surface area (Å²) < 4.78 is 6.40. The van der Waals surface area contributed by atoms with Crippen molar-refractivity contribution in [2.45, 2.75) is 31.0 Å². The topological polar surface area (TPSA) is 131 Å². The lowest BCUT2D eigenvalue weighted by Gasteiger charge is -2.28. The maximum absolute atomic E-state index is 11.8. The van der Waals surface area contributed by atoms with Crippen LogP contribution >= 0.6 is 0 Å². The fourth-order valence-electron chi connectivity index (χ4n) is 2.28. The Labute approximate surface area is 114 Å². The molecule has 1 aliphatic rings. The third-order valence-electron chi connectivity index (χ3n) is 3.24. The molecule has 0 radical (unpaired) electrons. The van der Waals surface area contributed by atoms with Crippen molar-refractivity contribution in [2.75, 3.05) is 12.3 Å². The predicted octanol–water partition coefficient (Wildman–Crippen LogP) is -1.62. The molecule has 2 rings (SSSR count). The highest BCUT2D eigenvalue weighted by Gasteiger charge is 2.54. The Hall–Kier alpha value is -1.74. The van der Waals surface area contributed by atoms with Gasteiger partial charge in [-0.25, -0.2) is 4.79 Å². The number of aliphatic hydroxyl groups excluding tert-OH is 2. The normalized spacial score (nSPS) is 33.9. The SMILES string of the molecule is CC=CC1(O)C(O)C(CO)OC1n1ccc(N)nc1=O. The molecule has 0 bridgehead atoms. The molecule has 0 aliphatic carbocycles. The first-order chi connectivity index (χ1) is 9.43. The molecular weight excluding hydrogens is 266 g/mol. The zero-order valence-electron chi connectivity index (χ0n) is 10.9. The Balaban J connectivity index is 2.50. The van der Waals surface area contributed by atoms with Crippen LogP contribution in [0.1, 0.15) is 13.2 Å². The molecule has 4 atom stereocenters. The van der Waals surface area contributed by atoms with Gasteiger partial charge in [-0.2, -0.15) is 4.98 Å². The first-order valence-electron chi connectivity index (χ1n) is 6.09. The summed E-state index contributed by atoms with van der Waals surface area (Å²) in [6, 6.07) is 1.37. The zero-order chi connectivity index (χ0) is 14.9. The van der Waals surface area contributed by atoms with Crippen molar-refractivity contribution in [3.05, 3.63) is 34.9 Å². The third kappa shape index (κ3) is 2.22. The van der Waals surface area contributed by atoms with E-state index in [0.717, 1.165) is 4.57 Å². The third-order valence-corrected chi connectivity index (χ3v) is 3.24. The summed E-state index contributed by atoms with van der Waals surface area (Å²) >= 11 is 0. The standard InChI is InChI=1S/C12H17N3O5/c1-2-4-12(19)9(17)7(6-16)20-10(12)15-5-3-8(13)14-11(15)18/h2-5,7,9-10,16-17,19H,6H2,1H3,(H2,13,14,18). The smallest absolute Gasteiger partial charge is 0.351 e. The number of ether oxygens (including phenoxy) is 1. The maximum atomic E-state index is 11.8. The van der Waals surface area contributed by atoms with Gasteiger partial charge in [0, 0.05) is 6.20 Å². The van der Waals surface area contributed by atoms with Gasteiger partial charge >= 0.3 is 5.69 Å². The fraction of sp³-hybridized carbons (Fsp3) is 0.500. The molecule has 20 heavy (non-hydrogen) atoms. The van der Waals surface area contributed by atoms with E-state index in [1.54, 1.807) is 6.92 Å². The molecule has 2 heterocycles. The number of aliphatic hydroxyl groups is 3. The van der Waals surface area contributed by atoms with Gasteiger partial charge in [0.15, 0.2) is 11.8 Å². The first kappa shape index (κ1) is 14.7. The van der Waals surface area contributed by atoms with Gasteiger partial charge in [0.05, 0.1) is 6.61 Å². The summed E-state index contributed by atoms with van der Waals surface area (Å²) in [7, 11) is 0. The van der Waals surface area contributed by atoms with Crippen molar-refractivity contribution in [3.8, 4) is 0 Å². The van der Waals surface area contributed by atoms with E-state index in [1.165, 1.54) is 24.4 Å². The van der Waals surface area contributed by atoms with Gasteiger partial charge in [-0.05, 0) is 13.0 Å². The number of anilines is 1. The van der Waals surface area contributed by atoms with Crippen LogP contribution in [-0.4, -0.2) is 49.3 Å². The second-order valence-corrected chi connectivity index (χ2v) is 4.58. The molecule has 110 valence electrons. The number of allylic oxidation sites excluding steroid dienone is 1. The van der Waals surface area contributed by atoms with Crippen molar-refractivity contribution in [1.29, 1.82) is 0 Å². The highest BCUT2D eigenvalue weighted by molar-refractivity contribution is 5.24. The van der Waals surface area contributed by atoms with Gasteiger partial charge in [0.25, 0.3) is 0 Å². The van der Waals surface area contributed by atoms with Gasteiger partial charge in [0.1, 0.15) is 18.0 Å². The van der Waals surface area contributed by atoms with Crippen molar-refractivity contribution >= 4 is 5.82 Å². The maximum Gasteiger partial charge on any atom is 0.351 e. The van der Waals surface area contributed by atoms with Gasteiger partial charge in [-0.1, -0.05) is 12.2 Å². The number of aromatic nitrogens is 2. The van der Waals surface area contributed by atoms with Crippen molar-refractivity contribution in [3.63, 3.8) is 0 Å². The second kappa shape index (κ2) is 5.33. The Kier molecular flexibility index (Phi) is 3.91. The van der Waals surface area contributed by atoms with E-state index >= 15 is 0 Å². The molecule has 4 unspecified atom stereocenters. The number of hydrogen-bond donors (Lipinski definition) is 4. The van der Waals surface area contributed by atoms with Crippen LogP contribution in [0.25, 0.3) is 0 Å². The lowest BCUT2D eigenvalue weighted by Crippen LogP contribution is -2.47. The fourth-order valence-corrected chi connectivity index (χ4v) is 2.28. The van der Waals surface area contributed by atoms with E-state index in [0.29, 0.717) is 0 Å². The monoisotopic (exact) mass is 283 g/mol. The van der Waals surface area contributed by atoms with Crippen molar-refractivity contribution in [2.24, 2.45) is 0 Å². The Morgan fingerprint density at radius 1 is 1.65 bits per heavy atom. The Bertz CT molecular complexity index is 572. The van der Waals surface area contributed by atoms with Crippen LogP contribution in [0.15, 0.2) is 29.2 Å². The average Bonchev–Trinajstić information content (AvgIpc) is 2.63. The minimum atomic E-state index is -1.84. The molecule has 8 heteroatoms. The zero-order valence-corrected chi connectivity index (χ0v) is 10.9. The van der Waals surface area contributed by atoms with E-state index in [-0.39, 0.29) is 5.82 Å². The summed E-state index contributed by atoms with van der Waals surface area (Å²) in [5.74, 6) is 0.0399. The quantitative estimate of drug-likeness (QED) is 0.490. The molecule has 1 aromatic rings. The van der Waals surface area contributed by atoms with Crippen LogP contribution in [0, 0.1) is 0 Å². The van der Waals surface area contributed by atoms with E-state index in [9.17, 15) is 20.1 Å². The van der Waals surface area contributed by atoms with E-state index in [2.05, 4.69) is 4.98 Å². The molecule has 1 aromatic heterocycles. The highest BCUT2D eigenvalue weighted by atomic mass is 16.6.